The van der Waals surface area contributed by atoms with Gasteiger partial charge in [0.05, 0.1) is 12.8 Å². The van der Waals surface area contributed by atoms with Gasteiger partial charge >= 0.3 is 0 Å². The van der Waals surface area contributed by atoms with Crippen LogP contribution in [0.25, 0.3) is 11.3 Å². The molecule has 1 aliphatic rings. The summed E-state index contributed by atoms with van der Waals surface area (Å²) in [6.07, 6.45) is 1.50. The Bertz CT molecular complexity index is 1130. The number of methoxy groups -OCH3 is 1. The van der Waals surface area contributed by atoms with Gasteiger partial charge in [0.15, 0.2) is 0 Å². The average molecular weight is 428 g/mol. The molecule has 0 aliphatic carbocycles. The zero-order valence-corrected chi connectivity index (χ0v) is 17.2. The average Bonchev–Trinajstić information content (AvgIpc) is 2.79. The Hall–Kier alpha value is -3.04. The predicted molar refractivity (Wildman–Crippen MR) is 111 cm³/mol. The molecular formula is C21H21FN4O3S. The zero-order valence-electron chi connectivity index (χ0n) is 16.4. The van der Waals surface area contributed by atoms with Gasteiger partial charge in [-0.25, -0.2) is 22.8 Å². The summed E-state index contributed by atoms with van der Waals surface area (Å²) in [4.78, 5) is 10.4. The van der Waals surface area contributed by atoms with Crippen LogP contribution in [0.1, 0.15) is 0 Å². The van der Waals surface area contributed by atoms with Crippen molar-refractivity contribution in [3.05, 3.63) is 66.7 Å². The summed E-state index contributed by atoms with van der Waals surface area (Å²) in [6.45, 7) is 1.40. The summed E-state index contributed by atoms with van der Waals surface area (Å²) in [6, 6.07) is 14.9. The van der Waals surface area contributed by atoms with E-state index in [0.717, 1.165) is 28.9 Å². The standard InChI is InChI=1S/C21H21FN4O3S/c1-29-17-8-6-16(7-9-17)19-14-21(24-15-23-19)25-10-12-26(13-11-25)30(27,28)20-5-3-2-4-18(20)22/h2-9,14-15H,10-13H2,1H3. The Kier molecular flexibility index (Phi) is 5.65. The molecule has 7 nitrogen and oxygen atoms in total. The van der Waals surface area contributed by atoms with Crippen LogP contribution in [0.15, 0.2) is 65.8 Å². The molecule has 0 atom stereocenters. The maximum atomic E-state index is 14.0. The van der Waals surface area contributed by atoms with Crippen molar-refractivity contribution >= 4 is 15.8 Å². The third-order valence-corrected chi connectivity index (χ3v) is 6.99. The van der Waals surface area contributed by atoms with Gasteiger partial charge in [0.2, 0.25) is 10.0 Å². The molecule has 0 spiro atoms. The molecule has 0 radical (unpaired) electrons. The molecule has 2 aromatic carbocycles. The number of benzene rings is 2. The van der Waals surface area contributed by atoms with Crippen LogP contribution in [0.5, 0.6) is 5.75 Å². The highest BCUT2D eigenvalue weighted by molar-refractivity contribution is 7.89. The van der Waals surface area contributed by atoms with Gasteiger partial charge in [-0.15, -0.1) is 0 Å². The molecule has 0 bridgehead atoms. The van der Waals surface area contributed by atoms with Gasteiger partial charge in [0.1, 0.15) is 28.6 Å². The molecule has 0 amide bonds. The van der Waals surface area contributed by atoms with E-state index >= 15 is 0 Å². The van der Waals surface area contributed by atoms with Gasteiger partial charge in [0, 0.05) is 37.8 Å². The lowest BCUT2D eigenvalue weighted by molar-refractivity contribution is 0.381. The van der Waals surface area contributed by atoms with Crippen molar-refractivity contribution in [1.29, 1.82) is 0 Å². The van der Waals surface area contributed by atoms with E-state index in [-0.39, 0.29) is 18.0 Å². The topological polar surface area (TPSA) is 75.6 Å². The second-order valence-corrected chi connectivity index (χ2v) is 8.72. The lowest BCUT2D eigenvalue weighted by Crippen LogP contribution is -2.49. The second kappa shape index (κ2) is 8.37. The van der Waals surface area contributed by atoms with E-state index in [1.165, 1.54) is 28.8 Å². The van der Waals surface area contributed by atoms with E-state index in [1.54, 1.807) is 7.11 Å². The van der Waals surface area contributed by atoms with Crippen molar-refractivity contribution in [3.63, 3.8) is 0 Å². The molecule has 30 heavy (non-hydrogen) atoms. The number of hydrogen-bond donors (Lipinski definition) is 0. The van der Waals surface area contributed by atoms with Crippen LogP contribution in [0.3, 0.4) is 0 Å². The first-order valence-corrected chi connectivity index (χ1v) is 10.9. The molecule has 0 N–H and O–H groups in total. The summed E-state index contributed by atoms with van der Waals surface area (Å²) in [5.74, 6) is 0.749. The fourth-order valence-electron chi connectivity index (χ4n) is 3.39. The smallest absolute Gasteiger partial charge is 0.246 e. The Morgan fingerprint density at radius 1 is 0.967 bits per heavy atom. The molecule has 2 heterocycles. The summed E-state index contributed by atoms with van der Waals surface area (Å²) >= 11 is 0. The summed E-state index contributed by atoms with van der Waals surface area (Å²) in [5.41, 5.74) is 1.70. The van der Waals surface area contributed by atoms with Gasteiger partial charge in [-0.05, 0) is 36.4 Å². The molecule has 0 saturated carbocycles. The van der Waals surface area contributed by atoms with Gasteiger partial charge in [-0.2, -0.15) is 4.31 Å². The molecule has 1 aromatic heterocycles. The van der Waals surface area contributed by atoms with E-state index in [9.17, 15) is 12.8 Å². The lowest BCUT2D eigenvalue weighted by Gasteiger charge is -2.34. The molecule has 9 heteroatoms. The highest BCUT2D eigenvalue weighted by atomic mass is 32.2. The predicted octanol–water partition coefficient (Wildman–Crippen LogP) is 2.80. The summed E-state index contributed by atoms with van der Waals surface area (Å²) < 4.78 is 46.0. The third kappa shape index (κ3) is 3.99. The Balaban J connectivity index is 1.48. The minimum Gasteiger partial charge on any atom is -0.497 e. The van der Waals surface area contributed by atoms with Crippen LogP contribution >= 0.6 is 0 Å². The number of nitrogens with zero attached hydrogens (tertiary/aromatic N) is 4. The Morgan fingerprint density at radius 2 is 1.67 bits per heavy atom. The fourth-order valence-corrected chi connectivity index (χ4v) is 4.88. The van der Waals surface area contributed by atoms with Gasteiger partial charge in [-0.1, -0.05) is 12.1 Å². The quantitative estimate of drug-likeness (QED) is 0.622. The first-order chi connectivity index (χ1) is 14.5. The van der Waals surface area contributed by atoms with Crippen molar-refractivity contribution in [2.75, 3.05) is 38.2 Å². The number of ether oxygens (including phenoxy) is 1. The van der Waals surface area contributed by atoms with Crippen molar-refractivity contribution in [2.24, 2.45) is 0 Å². The summed E-state index contributed by atoms with van der Waals surface area (Å²) in [7, 11) is -2.25. The van der Waals surface area contributed by atoms with Crippen LogP contribution in [-0.4, -0.2) is 56.0 Å². The highest BCUT2D eigenvalue weighted by Crippen LogP contribution is 2.25. The third-order valence-electron chi connectivity index (χ3n) is 5.06. The summed E-state index contributed by atoms with van der Waals surface area (Å²) in [5, 5.41) is 0. The Morgan fingerprint density at radius 3 is 2.33 bits per heavy atom. The minimum absolute atomic E-state index is 0.249. The van der Waals surface area contributed by atoms with Crippen LogP contribution < -0.4 is 9.64 Å². The Labute approximate surface area is 174 Å². The van der Waals surface area contributed by atoms with Gasteiger partial charge in [-0.3, -0.25) is 0 Å². The largest absolute Gasteiger partial charge is 0.497 e. The van der Waals surface area contributed by atoms with Crippen molar-refractivity contribution in [2.45, 2.75) is 4.90 Å². The number of rotatable bonds is 5. The number of sulfonamides is 1. The van der Waals surface area contributed by atoms with E-state index in [2.05, 4.69) is 9.97 Å². The second-order valence-electron chi connectivity index (χ2n) is 6.81. The van der Waals surface area contributed by atoms with E-state index in [1.807, 2.05) is 35.2 Å². The van der Waals surface area contributed by atoms with E-state index in [0.29, 0.717) is 13.1 Å². The molecule has 1 saturated heterocycles. The molecule has 4 rings (SSSR count). The lowest BCUT2D eigenvalue weighted by atomic mass is 10.1. The van der Waals surface area contributed by atoms with Crippen molar-refractivity contribution in [3.8, 4) is 17.0 Å². The number of hydrogen-bond acceptors (Lipinski definition) is 6. The first-order valence-electron chi connectivity index (χ1n) is 9.45. The van der Waals surface area contributed by atoms with Crippen LogP contribution in [-0.2, 0) is 10.0 Å². The van der Waals surface area contributed by atoms with Gasteiger partial charge in [0.25, 0.3) is 0 Å². The van der Waals surface area contributed by atoms with E-state index in [4.69, 9.17) is 4.74 Å². The number of anilines is 1. The van der Waals surface area contributed by atoms with Crippen molar-refractivity contribution in [1.82, 2.24) is 14.3 Å². The maximum Gasteiger partial charge on any atom is 0.246 e. The SMILES string of the molecule is COc1ccc(-c2cc(N3CCN(S(=O)(=O)c4ccccc4F)CC3)ncn2)cc1. The minimum atomic E-state index is -3.87. The molecule has 156 valence electrons. The van der Waals surface area contributed by atoms with Crippen LogP contribution in [0.4, 0.5) is 10.2 Å². The monoisotopic (exact) mass is 428 g/mol. The molecule has 0 unspecified atom stereocenters. The van der Waals surface area contributed by atoms with Crippen LogP contribution in [0, 0.1) is 5.82 Å². The number of aromatic nitrogens is 2. The molecule has 1 fully saturated rings. The van der Waals surface area contributed by atoms with Gasteiger partial charge < -0.3 is 9.64 Å². The molecular weight excluding hydrogens is 407 g/mol. The van der Waals surface area contributed by atoms with E-state index < -0.39 is 15.8 Å². The van der Waals surface area contributed by atoms with Crippen LogP contribution in [0.2, 0.25) is 0 Å². The molecule has 1 aliphatic heterocycles. The number of halogens is 1. The number of piperazine rings is 1. The maximum absolute atomic E-state index is 14.0. The highest BCUT2D eigenvalue weighted by Gasteiger charge is 2.30. The fraction of sp³-hybridized carbons (Fsp3) is 0.238. The molecule has 3 aromatic rings. The first kappa shape index (κ1) is 20.2. The normalized spacial score (nSPS) is 15.2. The zero-order chi connectivity index (χ0) is 21.1. The van der Waals surface area contributed by atoms with Crippen molar-refractivity contribution < 1.29 is 17.5 Å².